The predicted molar refractivity (Wildman–Crippen MR) is 136 cm³/mol. The van der Waals surface area contributed by atoms with Crippen molar-refractivity contribution in [1.82, 2.24) is 19.9 Å². The molecule has 0 saturated carbocycles. The van der Waals surface area contributed by atoms with Gasteiger partial charge in [-0.05, 0) is 49.9 Å². The Morgan fingerprint density at radius 1 is 1.21 bits per heavy atom. The maximum absolute atomic E-state index is 13.7. The summed E-state index contributed by atoms with van der Waals surface area (Å²) in [6.07, 6.45) is 5.47. The smallest absolute Gasteiger partial charge is 0.274 e. The van der Waals surface area contributed by atoms with Gasteiger partial charge >= 0.3 is 0 Å². The molecule has 8 heteroatoms. The molecular formula is C26H24BrFN4OS. The highest BCUT2D eigenvalue weighted by Gasteiger charge is 2.31. The Labute approximate surface area is 210 Å². The van der Waals surface area contributed by atoms with Crippen LogP contribution in [0.1, 0.15) is 40.6 Å². The van der Waals surface area contributed by atoms with Crippen LogP contribution in [0, 0.1) is 12.7 Å². The number of amides is 1. The monoisotopic (exact) mass is 538 g/mol. The van der Waals surface area contributed by atoms with Gasteiger partial charge < -0.3 is 9.88 Å². The Kier molecular flexibility index (Phi) is 6.61. The standard InChI is InChI=1S/C26H24BrFN4OS/c1-16-30-24(25(34-16)17-9-11-18(28)12-10-17)26(33)32-13-5-4-6-19(32)14-23-29-15-22(31-23)20-7-2-3-8-21(20)27/h2-3,7-12,15,19H,4-6,13-14H2,1H3,(H,29,31). The van der Waals surface area contributed by atoms with Gasteiger partial charge in [0.15, 0.2) is 0 Å². The van der Waals surface area contributed by atoms with Crippen molar-refractivity contribution in [2.45, 2.75) is 38.6 Å². The Bertz CT molecular complexity index is 1320. The third-order valence-corrected chi connectivity index (χ3v) is 7.86. The van der Waals surface area contributed by atoms with Gasteiger partial charge in [0.05, 0.1) is 21.8 Å². The van der Waals surface area contributed by atoms with Crippen LogP contribution in [0.15, 0.2) is 59.2 Å². The topological polar surface area (TPSA) is 61.9 Å². The fourth-order valence-corrected chi connectivity index (χ4v) is 5.91. The lowest BCUT2D eigenvalue weighted by atomic mass is 9.98. The highest BCUT2D eigenvalue weighted by molar-refractivity contribution is 9.10. The van der Waals surface area contributed by atoms with Crippen molar-refractivity contribution in [2.75, 3.05) is 6.54 Å². The largest absolute Gasteiger partial charge is 0.342 e. The summed E-state index contributed by atoms with van der Waals surface area (Å²) in [6.45, 7) is 2.59. The average molecular weight is 539 g/mol. The molecular weight excluding hydrogens is 515 g/mol. The van der Waals surface area contributed by atoms with E-state index in [0.717, 1.165) is 56.3 Å². The highest BCUT2D eigenvalue weighted by atomic mass is 79.9. The number of likely N-dealkylation sites (tertiary alicyclic amines) is 1. The molecule has 0 bridgehead atoms. The zero-order valence-electron chi connectivity index (χ0n) is 18.7. The summed E-state index contributed by atoms with van der Waals surface area (Å²) in [5, 5.41) is 0.820. The van der Waals surface area contributed by atoms with Crippen molar-refractivity contribution in [2.24, 2.45) is 0 Å². The van der Waals surface area contributed by atoms with Crippen molar-refractivity contribution in [3.8, 4) is 21.7 Å². The summed E-state index contributed by atoms with van der Waals surface area (Å²) in [6, 6.07) is 14.3. The minimum Gasteiger partial charge on any atom is -0.342 e. The number of thiazole rings is 1. The number of aryl methyl sites for hydroxylation is 1. The number of hydrogen-bond donors (Lipinski definition) is 1. The molecule has 1 amide bonds. The zero-order valence-corrected chi connectivity index (χ0v) is 21.1. The quantitative estimate of drug-likeness (QED) is 0.309. The van der Waals surface area contributed by atoms with E-state index >= 15 is 0 Å². The molecule has 1 atom stereocenters. The molecule has 0 aliphatic carbocycles. The molecule has 1 aliphatic heterocycles. The predicted octanol–water partition coefficient (Wildman–Crippen LogP) is 6.65. The van der Waals surface area contributed by atoms with Crippen molar-refractivity contribution in [3.05, 3.63) is 81.5 Å². The summed E-state index contributed by atoms with van der Waals surface area (Å²) >= 11 is 5.07. The van der Waals surface area contributed by atoms with Crippen molar-refractivity contribution >= 4 is 33.2 Å². The molecule has 1 N–H and O–H groups in total. The number of imidazole rings is 1. The molecule has 2 aromatic carbocycles. The molecule has 3 heterocycles. The van der Waals surface area contributed by atoms with Gasteiger partial charge in [-0.25, -0.2) is 14.4 Å². The zero-order chi connectivity index (χ0) is 23.7. The van der Waals surface area contributed by atoms with Crippen LogP contribution in [0.25, 0.3) is 21.7 Å². The van der Waals surface area contributed by atoms with E-state index in [0.29, 0.717) is 18.7 Å². The fraction of sp³-hybridized carbons (Fsp3) is 0.269. The fourth-order valence-electron chi connectivity index (χ4n) is 4.49. The van der Waals surface area contributed by atoms with Gasteiger partial charge in [0.2, 0.25) is 0 Å². The van der Waals surface area contributed by atoms with Crippen molar-refractivity contribution < 1.29 is 9.18 Å². The number of piperidine rings is 1. The first-order valence-electron chi connectivity index (χ1n) is 11.3. The van der Waals surface area contributed by atoms with Gasteiger partial charge in [-0.2, -0.15) is 0 Å². The summed E-state index contributed by atoms with van der Waals surface area (Å²) in [4.78, 5) is 29.1. The average Bonchev–Trinajstić information content (AvgIpc) is 3.46. The third kappa shape index (κ3) is 4.70. The van der Waals surface area contributed by atoms with E-state index in [1.54, 1.807) is 12.1 Å². The third-order valence-electron chi connectivity index (χ3n) is 6.15. The Hall–Kier alpha value is -2.84. The van der Waals surface area contributed by atoms with Crippen LogP contribution in [0.5, 0.6) is 0 Å². The molecule has 1 saturated heterocycles. The second-order valence-corrected chi connectivity index (χ2v) is 10.6. The molecule has 1 aliphatic rings. The molecule has 1 fully saturated rings. The van der Waals surface area contributed by atoms with E-state index in [-0.39, 0.29) is 17.8 Å². The maximum Gasteiger partial charge on any atom is 0.274 e. The van der Waals surface area contributed by atoms with E-state index in [1.807, 2.05) is 42.3 Å². The Balaban J connectivity index is 1.39. The van der Waals surface area contributed by atoms with Gasteiger partial charge in [0, 0.05) is 29.0 Å². The van der Waals surface area contributed by atoms with Crippen LogP contribution in [-0.2, 0) is 6.42 Å². The number of carbonyl (C=O) groups excluding carboxylic acids is 1. The van der Waals surface area contributed by atoms with E-state index in [1.165, 1.54) is 23.5 Å². The van der Waals surface area contributed by atoms with E-state index in [9.17, 15) is 9.18 Å². The van der Waals surface area contributed by atoms with Gasteiger partial charge in [0.25, 0.3) is 5.91 Å². The lowest BCUT2D eigenvalue weighted by molar-refractivity contribution is 0.0606. The molecule has 0 radical (unpaired) electrons. The number of H-pyrrole nitrogens is 1. The second kappa shape index (κ2) is 9.80. The van der Waals surface area contributed by atoms with Gasteiger partial charge in [-0.1, -0.05) is 46.3 Å². The molecule has 5 nitrogen and oxygen atoms in total. The number of aromatic amines is 1. The number of hydrogen-bond acceptors (Lipinski definition) is 4. The molecule has 1 unspecified atom stereocenters. The normalized spacial score (nSPS) is 16.1. The number of nitrogens with one attached hydrogen (secondary N) is 1. The Morgan fingerprint density at radius 2 is 2.00 bits per heavy atom. The first-order chi connectivity index (χ1) is 16.5. The number of aromatic nitrogens is 3. The van der Waals surface area contributed by atoms with Crippen LogP contribution in [0.3, 0.4) is 0 Å². The maximum atomic E-state index is 13.7. The van der Waals surface area contributed by atoms with Crippen LogP contribution in [0.4, 0.5) is 4.39 Å². The summed E-state index contributed by atoms with van der Waals surface area (Å²) in [5.41, 5.74) is 3.27. The molecule has 2 aromatic heterocycles. The molecule has 0 spiro atoms. The lowest BCUT2D eigenvalue weighted by Crippen LogP contribution is -2.45. The summed E-state index contributed by atoms with van der Waals surface area (Å²) in [7, 11) is 0. The first-order valence-corrected chi connectivity index (χ1v) is 12.9. The minimum absolute atomic E-state index is 0.0440. The van der Waals surface area contributed by atoms with E-state index in [2.05, 4.69) is 30.9 Å². The lowest BCUT2D eigenvalue weighted by Gasteiger charge is -2.35. The Morgan fingerprint density at radius 3 is 2.79 bits per heavy atom. The van der Waals surface area contributed by atoms with Gasteiger partial charge in [-0.15, -0.1) is 11.3 Å². The van der Waals surface area contributed by atoms with E-state index in [4.69, 9.17) is 0 Å². The number of carbonyl (C=O) groups is 1. The summed E-state index contributed by atoms with van der Waals surface area (Å²) in [5.74, 6) is 0.504. The minimum atomic E-state index is -0.297. The van der Waals surface area contributed by atoms with Crippen molar-refractivity contribution in [3.63, 3.8) is 0 Å². The molecule has 174 valence electrons. The number of halogens is 2. The highest BCUT2D eigenvalue weighted by Crippen LogP contribution is 2.33. The van der Waals surface area contributed by atoms with Crippen LogP contribution >= 0.6 is 27.3 Å². The second-order valence-electron chi connectivity index (χ2n) is 8.49. The van der Waals surface area contributed by atoms with Gasteiger partial charge in [0.1, 0.15) is 17.3 Å². The van der Waals surface area contributed by atoms with Crippen LogP contribution in [-0.4, -0.2) is 38.3 Å². The molecule has 5 rings (SSSR count). The van der Waals surface area contributed by atoms with E-state index < -0.39 is 0 Å². The first kappa shape index (κ1) is 22.9. The number of rotatable bonds is 5. The van der Waals surface area contributed by atoms with Crippen LogP contribution in [0.2, 0.25) is 0 Å². The molecule has 4 aromatic rings. The SMILES string of the molecule is Cc1nc(C(=O)N2CCCCC2Cc2ncc(-c3ccccc3Br)[nH]2)c(-c2ccc(F)cc2)s1. The summed E-state index contributed by atoms with van der Waals surface area (Å²) < 4.78 is 14.5. The van der Waals surface area contributed by atoms with Crippen molar-refractivity contribution in [1.29, 1.82) is 0 Å². The molecule has 34 heavy (non-hydrogen) atoms. The van der Waals surface area contributed by atoms with Crippen LogP contribution < -0.4 is 0 Å². The number of benzene rings is 2. The number of nitrogens with zero attached hydrogens (tertiary/aromatic N) is 3. The van der Waals surface area contributed by atoms with Gasteiger partial charge in [-0.3, -0.25) is 4.79 Å².